The van der Waals surface area contributed by atoms with Gasteiger partial charge < -0.3 is 4.55 Å². The molecule has 0 spiro atoms. The first-order valence-corrected chi connectivity index (χ1v) is 9.30. The Morgan fingerprint density at radius 1 is 1.23 bits per heavy atom. The summed E-state index contributed by atoms with van der Waals surface area (Å²) in [5, 5.41) is 0. The molecule has 0 bridgehead atoms. The molecule has 1 aliphatic heterocycles. The van der Waals surface area contributed by atoms with Crippen LogP contribution in [0.1, 0.15) is 24.8 Å². The van der Waals surface area contributed by atoms with Crippen molar-refractivity contribution in [1.82, 2.24) is 4.90 Å². The summed E-state index contributed by atoms with van der Waals surface area (Å²) in [6, 6.07) is 10.4. The van der Waals surface area contributed by atoms with Crippen LogP contribution >= 0.6 is 12.0 Å². The van der Waals surface area contributed by atoms with Crippen LogP contribution in [0.5, 0.6) is 0 Å². The van der Waals surface area contributed by atoms with Crippen LogP contribution in [-0.4, -0.2) is 36.7 Å². The second kappa shape index (κ2) is 10.3. The first kappa shape index (κ1) is 20.4. The molecule has 0 atom stereocenters. The van der Waals surface area contributed by atoms with E-state index < -0.39 is 10.4 Å². The van der Waals surface area contributed by atoms with Crippen molar-refractivity contribution in [2.75, 3.05) is 18.8 Å². The van der Waals surface area contributed by atoms with Gasteiger partial charge in [0.15, 0.2) is 0 Å². The SMILES string of the molecule is O=S(=O)([O-])OSCCC1CCN(Cc2ccccc2)CC1.[Na+]. The topological polar surface area (TPSA) is 69.7 Å². The predicted molar refractivity (Wildman–Crippen MR) is 82.3 cm³/mol. The smallest absolute Gasteiger partial charge is 0.725 e. The van der Waals surface area contributed by atoms with Gasteiger partial charge in [-0.1, -0.05) is 30.3 Å². The van der Waals surface area contributed by atoms with Crippen LogP contribution in [0.25, 0.3) is 0 Å². The molecule has 0 unspecified atom stereocenters. The molecule has 1 saturated heterocycles. The minimum Gasteiger partial charge on any atom is -0.725 e. The Hall–Kier alpha value is 0.400. The number of hydrogen-bond donors (Lipinski definition) is 0. The molecule has 1 aliphatic rings. The minimum atomic E-state index is -4.57. The molecule has 0 saturated carbocycles. The molecule has 8 heteroatoms. The first-order chi connectivity index (χ1) is 10.0. The molecule has 118 valence electrons. The third-order valence-electron chi connectivity index (χ3n) is 3.70. The van der Waals surface area contributed by atoms with Gasteiger partial charge in [0, 0.05) is 24.3 Å². The van der Waals surface area contributed by atoms with Gasteiger partial charge in [-0.15, -0.1) is 0 Å². The summed E-state index contributed by atoms with van der Waals surface area (Å²) in [4.78, 5) is 2.44. The Morgan fingerprint density at radius 2 is 1.86 bits per heavy atom. The van der Waals surface area contributed by atoms with Gasteiger partial charge in [0.2, 0.25) is 10.4 Å². The number of piperidine rings is 1. The van der Waals surface area contributed by atoms with Gasteiger partial charge in [-0.3, -0.25) is 4.90 Å². The molecule has 0 amide bonds. The van der Waals surface area contributed by atoms with Crippen molar-refractivity contribution in [2.45, 2.75) is 25.8 Å². The van der Waals surface area contributed by atoms with Gasteiger partial charge in [-0.05, 0) is 43.8 Å². The molecule has 0 N–H and O–H groups in total. The van der Waals surface area contributed by atoms with Crippen LogP contribution in [0.3, 0.4) is 0 Å². The fourth-order valence-corrected chi connectivity index (χ4v) is 3.76. The summed E-state index contributed by atoms with van der Waals surface area (Å²) in [6.07, 6.45) is 3.11. The maximum atomic E-state index is 10.3. The van der Waals surface area contributed by atoms with Crippen molar-refractivity contribution >= 4 is 22.4 Å². The number of benzene rings is 1. The van der Waals surface area contributed by atoms with Crippen molar-refractivity contribution in [3.05, 3.63) is 35.9 Å². The third-order valence-corrected chi connectivity index (χ3v) is 5.15. The van der Waals surface area contributed by atoms with Crippen LogP contribution in [0, 0.1) is 5.92 Å². The first-order valence-electron chi connectivity index (χ1n) is 7.06. The molecule has 1 aromatic carbocycles. The van der Waals surface area contributed by atoms with E-state index >= 15 is 0 Å². The average Bonchev–Trinajstić information content (AvgIpc) is 2.45. The number of likely N-dealkylation sites (tertiary alicyclic amines) is 1. The molecule has 5 nitrogen and oxygen atoms in total. The molecule has 1 aromatic rings. The normalized spacial score (nSPS) is 17.1. The second-order valence-electron chi connectivity index (χ2n) is 5.29. The standard InChI is InChI=1S/C14H21NO4S2.Na/c16-21(17,18)19-20-11-8-13-6-9-15(10-7-13)12-14-4-2-1-3-5-14;/h1-5,13H,6-12H2,(H,16,17,18);/q;+1/p-1. The van der Waals surface area contributed by atoms with Gasteiger partial charge in [0.05, 0.1) is 0 Å². The quantitative estimate of drug-likeness (QED) is 0.215. The zero-order valence-electron chi connectivity index (χ0n) is 12.8. The van der Waals surface area contributed by atoms with E-state index in [9.17, 15) is 13.0 Å². The minimum absolute atomic E-state index is 0. The van der Waals surface area contributed by atoms with Gasteiger partial charge in [0.1, 0.15) is 0 Å². The molecule has 0 aliphatic carbocycles. The van der Waals surface area contributed by atoms with E-state index in [1.54, 1.807) is 0 Å². The van der Waals surface area contributed by atoms with Crippen molar-refractivity contribution < 1.29 is 46.2 Å². The monoisotopic (exact) mass is 353 g/mol. The van der Waals surface area contributed by atoms with E-state index in [1.807, 2.05) is 6.07 Å². The maximum absolute atomic E-state index is 10.3. The molecular formula is C14H20NNaO4S2. The van der Waals surface area contributed by atoms with E-state index in [0.717, 1.165) is 50.9 Å². The summed E-state index contributed by atoms with van der Waals surface area (Å²) < 4.78 is 35.0. The van der Waals surface area contributed by atoms with E-state index in [4.69, 9.17) is 0 Å². The predicted octanol–water partition coefficient (Wildman–Crippen LogP) is -0.582. The van der Waals surface area contributed by atoms with Crippen LogP contribution in [0.2, 0.25) is 0 Å². The molecule has 1 fully saturated rings. The molecule has 0 radical (unpaired) electrons. The van der Waals surface area contributed by atoms with E-state index in [2.05, 4.69) is 32.8 Å². The van der Waals surface area contributed by atoms with Gasteiger partial charge >= 0.3 is 29.6 Å². The summed E-state index contributed by atoms with van der Waals surface area (Å²) in [7, 11) is -4.57. The zero-order chi connectivity index (χ0) is 15.1. The molecule has 22 heavy (non-hydrogen) atoms. The molecule has 2 rings (SSSR count). The Morgan fingerprint density at radius 3 is 2.45 bits per heavy atom. The zero-order valence-corrected chi connectivity index (χ0v) is 16.4. The summed E-state index contributed by atoms with van der Waals surface area (Å²) in [5.41, 5.74) is 1.33. The number of nitrogens with zero attached hydrogens (tertiary/aromatic N) is 1. The molecule has 0 aromatic heterocycles. The largest absolute Gasteiger partial charge is 1.00 e. The van der Waals surface area contributed by atoms with Gasteiger partial charge in [-0.25, -0.2) is 12.0 Å². The Labute approximate surface area is 159 Å². The number of hydrogen-bond acceptors (Lipinski definition) is 6. The van der Waals surface area contributed by atoms with Gasteiger partial charge in [0.25, 0.3) is 0 Å². The van der Waals surface area contributed by atoms with E-state index in [-0.39, 0.29) is 29.6 Å². The summed E-state index contributed by atoms with van der Waals surface area (Å²) in [5.74, 6) is 1.13. The fourth-order valence-electron chi connectivity index (χ4n) is 2.58. The second-order valence-corrected chi connectivity index (χ2v) is 7.30. The Bertz CT molecular complexity index is 519. The summed E-state index contributed by atoms with van der Waals surface area (Å²) in [6.45, 7) is 3.11. The van der Waals surface area contributed by atoms with Crippen molar-refractivity contribution in [3.63, 3.8) is 0 Å². The molecular weight excluding hydrogens is 333 g/mol. The Kier molecular flexibility index (Phi) is 9.57. The van der Waals surface area contributed by atoms with Crippen LogP contribution in [-0.2, 0) is 20.6 Å². The van der Waals surface area contributed by atoms with E-state index in [0.29, 0.717) is 11.7 Å². The molecule has 1 heterocycles. The van der Waals surface area contributed by atoms with Gasteiger partial charge in [-0.2, -0.15) is 0 Å². The Balaban J connectivity index is 0.00000242. The fraction of sp³-hybridized carbons (Fsp3) is 0.571. The van der Waals surface area contributed by atoms with Crippen LogP contribution in [0.4, 0.5) is 0 Å². The van der Waals surface area contributed by atoms with Crippen LogP contribution in [0.15, 0.2) is 30.3 Å². The number of rotatable bonds is 7. The third kappa shape index (κ3) is 8.31. The van der Waals surface area contributed by atoms with Crippen molar-refractivity contribution in [3.8, 4) is 0 Å². The van der Waals surface area contributed by atoms with Crippen LogP contribution < -0.4 is 29.6 Å². The van der Waals surface area contributed by atoms with Crippen molar-refractivity contribution in [2.24, 2.45) is 5.92 Å². The maximum Gasteiger partial charge on any atom is 1.00 e. The van der Waals surface area contributed by atoms with Crippen molar-refractivity contribution in [1.29, 1.82) is 0 Å². The summed E-state index contributed by atoms with van der Waals surface area (Å²) >= 11 is 0.743. The van der Waals surface area contributed by atoms with E-state index in [1.165, 1.54) is 5.56 Å². The average molecular weight is 353 g/mol.